The molecular weight excluding hydrogens is 519 g/mol. The summed E-state index contributed by atoms with van der Waals surface area (Å²) in [6.45, 7) is 0.885. The number of piperidine rings is 1. The molecule has 4 heterocycles. The average molecular weight is 546 g/mol. The lowest BCUT2D eigenvalue weighted by molar-refractivity contribution is -0.125. The van der Waals surface area contributed by atoms with E-state index in [1.807, 2.05) is 4.57 Å². The van der Waals surface area contributed by atoms with Crippen molar-refractivity contribution in [1.82, 2.24) is 28.7 Å². The Kier molecular flexibility index (Phi) is 7.13. The summed E-state index contributed by atoms with van der Waals surface area (Å²) >= 11 is 0. The van der Waals surface area contributed by atoms with Crippen LogP contribution >= 0.6 is 0 Å². The van der Waals surface area contributed by atoms with Crippen LogP contribution in [0.25, 0.3) is 22.1 Å². The van der Waals surface area contributed by atoms with E-state index in [1.165, 1.54) is 24.5 Å². The maximum Gasteiger partial charge on any atom is 0.401 e. The zero-order chi connectivity index (χ0) is 26.9. The van der Waals surface area contributed by atoms with Gasteiger partial charge < -0.3 is 14.8 Å². The molecule has 9 nitrogen and oxygen atoms in total. The molecular formula is C25H26F3N7O2S. The van der Waals surface area contributed by atoms with E-state index in [2.05, 4.69) is 26.3 Å². The summed E-state index contributed by atoms with van der Waals surface area (Å²) in [6.07, 6.45) is 0.428. The van der Waals surface area contributed by atoms with Gasteiger partial charge in [-0.1, -0.05) is 18.2 Å². The van der Waals surface area contributed by atoms with Crippen molar-refractivity contribution in [2.45, 2.75) is 42.9 Å². The lowest BCUT2D eigenvalue weighted by Crippen LogP contribution is -2.36. The van der Waals surface area contributed by atoms with E-state index in [-0.39, 0.29) is 23.1 Å². The molecule has 1 aliphatic heterocycles. The van der Waals surface area contributed by atoms with Crippen LogP contribution in [0.2, 0.25) is 0 Å². The van der Waals surface area contributed by atoms with Crippen molar-refractivity contribution in [2.24, 2.45) is 0 Å². The van der Waals surface area contributed by atoms with Gasteiger partial charge in [0.1, 0.15) is 11.3 Å². The third-order valence-electron chi connectivity index (χ3n) is 6.77. The number of hydrogen-bond donors (Lipinski definition) is 1. The average Bonchev–Trinajstić information content (AvgIpc) is 3.49. The molecule has 1 fully saturated rings. The highest BCUT2D eigenvalue weighted by Crippen LogP contribution is 2.34. The number of likely N-dealkylation sites (tertiary alicyclic amines) is 1. The maximum atomic E-state index is 13.4. The highest BCUT2D eigenvalue weighted by atomic mass is 32.2. The molecule has 0 saturated carbocycles. The van der Waals surface area contributed by atoms with Crippen LogP contribution in [0.1, 0.15) is 31.1 Å². The number of alkyl halides is 3. The van der Waals surface area contributed by atoms with Crippen molar-refractivity contribution < 1.29 is 21.6 Å². The monoisotopic (exact) mass is 545 g/mol. The zero-order valence-electron chi connectivity index (χ0n) is 20.4. The zero-order valence-corrected chi connectivity index (χ0v) is 21.2. The van der Waals surface area contributed by atoms with Crippen LogP contribution in [0.4, 0.5) is 13.2 Å². The highest BCUT2D eigenvalue weighted by Gasteiger charge is 2.29. The van der Waals surface area contributed by atoms with E-state index >= 15 is 0 Å². The molecule has 38 heavy (non-hydrogen) atoms. The molecule has 0 amide bonds. The number of hydrogen-bond acceptors (Lipinski definition) is 7. The number of nitriles is 1. The second-order valence-corrected chi connectivity index (χ2v) is 11.1. The first-order valence-electron chi connectivity index (χ1n) is 12.2. The minimum atomic E-state index is -4.36. The number of halogens is 3. The Labute approximate surface area is 217 Å². The van der Waals surface area contributed by atoms with Gasteiger partial charge in [0.15, 0.2) is 5.65 Å². The van der Waals surface area contributed by atoms with Gasteiger partial charge in [-0.2, -0.15) is 18.4 Å². The summed E-state index contributed by atoms with van der Waals surface area (Å²) in [6, 6.07) is 11.8. The van der Waals surface area contributed by atoms with Gasteiger partial charge in [-0.05, 0) is 31.0 Å². The Hall–Kier alpha value is -3.47. The smallest absolute Gasteiger partial charge is 0.323 e. The Balaban J connectivity index is 1.58. The molecule has 0 radical (unpaired) electrons. The fourth-order valence-electron chi connectivity index (χ4n) is 5.04. The van der Waals surface area contributed by atoms with Gasteiger partial charge in [-0.3, -0.25) is 0 Å². The predicted octanol–water partition coefficient (Wildman–Crippen LogP) is 3.83. The lowest BCUT2D eigenvalue weighted by atomic mass is 10.0. The van der Waals surface area contributed by atoms with Crippen molar-refractivity contribution in [3.63, 3.8) is 0 Å². The van der Waals surface area contributed by atoms with Gasteiger partial charge in [-0.15, -0.1) is 0 Å². The predicted molar refractivity (Wildman–Crippen MR) is 135 cm³/mol. The van der Waals surface area contributed by atoms with E-state index in [0.29, 0.717) is 35.2 Å². The van der Waals surface area contributed by atoms with Crippen LogP contribution in [-0.4, -0.2) is 64.2 Å². The van der Waals surface area contributed by atoms with E-state index < -0.39 is 22.7 Å². The number of nitrogens with one attached hydrogen (secondary N) is 1. The third-order valence-corrected chi connectivity index (χ3v) is 8.45. The van der Waals surface area contributed by atoms with Crippen LogP contribution in [-0.2, 0) is 16.6 Å². The summed E-state index contributed by atoms with van der Waals surface area (Å²) in [7, 11) is -3.91. The molecule has 0 unspecified atom stereocenters. The molecule has 1 saturated heterocycles. The quantitative estimate of drug-likeness (QED) is 0.359. The summed E-state index contributed by atoms with van der Waals surface area (Å²) in [4.78, 5) is 11.3. The molecule has 13 heteroatoms. The number of aromatic nitrogens is 4. The second-order valence-electron chi connectivity index (χ2n) is 9.26. The van der Waals surface area contributed by atoms with Crippen LogP contribution in [0.3, 0.4) is 0 Å². The van der Waals surface area contributed by atoms with Gasteiger partial charge in [0.2, 0.25) is 0 Å². The van der Waals surface area contributed by atoms with Gasteiger partial charge >= 0.3 is 6.18 Å². The van der Waals surface area contributed by atoms with E-state index in [1.54, 1.807) is 24.3 Å². The molecule has 3 aromatic heterocycles. The molecule has 1 N–H and O–H groups in total. The molecule has 0 spiro atoms. The minimum absolute atomic E-state index is 0.0549. The standard InChI is InChI=1S/C25H26F3N7O2S/c26-25(27,28)17-30-16-22-32-21-15-31-24-20(9-14-34(24)38(36,37)19-5-2-1-3-6-19)23(21)35(22)18-7-12-33(13-8-18)11-4-10-29/h1-3,5-6,9,14-15,18,30H,4,7-8,11-13,16-17H2. The fraction of sp³-hybridized carbons (Fsp3) is 0.400. The van der Waals surface area contributed by atoms with Crippen LogP contribution in [0, 0.1) is 11.3 Å². The SMILES string of the molecule is N#CCCN1CCC(n2c(CNCC(F)(F)F)nc3cnc4c(ccn4S(=O)(=O)c4ccccc4)c32)CC1. The van der Waals surface area contributed by atoms with Gasteiger partial charge in [0.05, 0.1) is 35.8 Å². The largest absolute Gasteiger partial charge is 0.401 e. The van der Waals surface area contributed by atoms with E-state index in [4.69, 9.17) is 5.26 Å². The number of benzene rings is 1. The fourth-order valence-corrected chi connectivity index (χ4v) is 6.36. The molecule has 200 valence electrons. The molecule has 0 bridgehead atoms. The Bertz CT molecular complexity index is 1580. The van der Waals surface area contributed by atoms with Gasteiger partial charge in [0, 0.05) is 43.7 Å². The van der Waals surface area contributed by atoms with E-state index in [9.17, 15) is 21.6 Å². The lowest BCUT2D eigenvalue weighted by Gasteiger charge is -2.33. The Morgan fingerprint density at radius 1 is 1.13 bits per heavy atom. The van der Waals surface area contributed by atoms with Gasteiger partial charge in [-0.25, -0.2) is 22.4 Å². The normalized spacial score (nSPS) is 15.8. The number of pyridine rings is 1. The first-order valence-corrected chi connectivity index (χ1v) is 13.7. The summed E-state index contributed by atoms with van der Waals surface area (Å²) < 4.78 is 68.3. The Morgan fingerprint density at radius 3 is 2.55 bits per heavy atom. The van der Waals surface area contributed by atoms with Crippen LogP contribution in [0.5, 0.6) is 0 Å². The number of fused-ring (bicyclic) bond motifs is 3. The summed E-state index contributed by atoms with van der Waals surface area (Å²) in [5.74, 6) is 0.438. The van der Waals surface area contributed by atoms with E-state index in [0.717, 1.165) is 29.9 Å². The molecule has 1 aliphatic rings. The number of imidazole rings is 1. The first-order chi connectivity index (χ1) is 18.2. The number of rotatable bonds is 8. The molecule has 4 aromatic rings. The van der Waals surface area contributed by atoms with Crippen LogP contribution < -0.4 is 5.32 Å². The topological polar surface area (TPSA) is 109 Å². The number of nitrogens with zero attached hydrogens (tertiary/aromatic N) is 6. The molecule has 5 rings (SSSR count). The molecule has 1 aromatic carbocycles. The highest BCUT2D eigenvalue weighted by molar-refractivity contribution is 7.90. The molecule has 0 atom stereocenters. The maximum absolute atomic E-state index is 13.4. The molecule has 0 aliphatic carbocycles. The minimum Gasteiger partial charge on any atom is -0.323 e. The van der Waals surface area contributed by atoms with Crippen molar-refractivity contribution >= 4 is 32.1 Å². The summed E-state index contributed by atoms with van der Waals surface area (Å²) in [5, 5.41) is 11.9. The first kappa shape index (κ1) is 26.1. The van der Waals surface area contributed by atoms with Crippen LogP contribution in [0.15, 0.2) is 53.7 Å². The second kappa shape index (κ2) is 10.4. The van der Waals surface area contributed by atoms with Crippen molar-refractivity contribution in [2.75, 3.05) is 26.2 Å². The van der Waals surface area contributed by atoms with Crippen molar-refractivity contribution in [3.05, 3.63) is 54.6 Å². The Morgan fingerprint density at radius 2 is 1.87 bits per heavy atom. The van der Waals surface area contributed by atoms with Crippen molar-refractivity contribution in [1.29, 1.82) is 5.26 Å². The summed E-state index contributed by atoms with van der Waals surface area (Å²) in [5.41, 5.74) is 1.36. The van der Waals surface area contributed by atoms with Gasteiger partial charge in [0.25, 0.3) is 10.0 Å². The van der Waals surface area contributed by atoms with Crippen molar-refractivity contribution in [3.8, 4) is 6.07 Å². The third kappa shape index (κ3) is 5.11.